The Morgan fingerprint density at radius 2 is 1.96 bits per heavy atom. The largest absolute Gasteiger partial charge is 0.486 e. The summed E-state index contributed by atoms with van der Waals surface area (Å²) in [5.74, 6) is 4.15. The van der Waals surface area contributed by atoms with Crippen LogP contribution in [0.25, 0.3) is 10.2 Å². The molecule has 1 fully saturated rings. The van der Waals surface area contributed by atoms with E-state index in [0.717, 1.165) is 41.6 Å². The third-order valence-electron chi connectivity index (χ3n) is 4.76. The number of nitrogens with zero attached hydrogens (tertiary/aromatic N) is 2. The summed E-state index contributed by atoms with van der Waals surface area (Å²) in [7, 11) is 0. The molecule has 25 heavy (non-hydrogen) atoms. The monoisotopic (exact) mass is 356 g/mol. The molecule has 1 aromatic heterocycles. The van der Waals surface area contributed by atoms with Gasteiger partial charge in [0.1, 0.15) is 13.2 Å². The van der Waals surface area contributed by atoms with Crippen molar-refractivity contribution in [1.29, 1.82) is 0 Å². The molecule has 1 saturated carbocycles. The molecule has 6 heteroatoms. The average molecular weight is 356 g/mol. The van der Waals surface area contributed by atoms with E-state index in [1.54, 1.807) is 0 Å². The number of carbonyl (C=O) groups excluding carboxylic acids is 1. The highest BCUT2D eigenvalue weighted by molar-refractivity contribution is 7.16. The molecule has 0 N–H and O–H groups in total. The summed E-state index contributed by atoms with van der Waals surface area (Å²) in [6.07, 6.45) is 10.9. The number of amides is 1. The predicted octanol–water partition coefficient (Wildman–Crippen LogP) is 3.11. The van der Waals surface area contributed by atoms with E-state index in [0.29, 0.717) is 30.3 Å². The molecule has 2 heterocycles. The molecule has 2 aromatic rings. The van der Waals surface area contributed by atoms with Crippen molar-refractivity contribution in [2.45, 2.75) is 38.6 Å². The second-order valence-electron chi connectivity index (χ2n) is 6.42. The van der Waals surface area contributed by atoms with Crippen molar-refractivity contribution in [3.63, 3.8) is 0 Å². The number of carbonyl (C=O) groups is 1. The zero-order chi connectivity index (χ0) is 17.2. The summed E-state index contributed by atoms with van der Waals surface area (Å²) < 4.78 is 14.2. The van der Waals surface area contributed by atoms with Gasteiger partial charge in [0.2, 0.25) is 0 Å². The second-order valence-corrected chi connectivity index (χ2v) is 7.43. The minimum absolute atomic E-state index is 0.0192. The van der Waals surface area contributed by atoms with Crippen LogP contribution in [0.3, 0.4) is 0 Å². The third kappa shape index (κ3) is 3.16. The third-order valence-corrected chi connectivity index (χ3v) is 5.80. The minimum atomic E-state index is -0.0192. The number of hydrogen-bond donors (Lipinski definition) is 0. The molecule has 0 radical (unpaired) electrons. The first-order valence-corrected chi connectivity index (χ1v) is 9.53. The van der Waals surface area contributed by atoms with Crippen LogP contribution in [0.2, 0.25) is 0 Å². The maximum absolute atomic E-state index is 12.6. The van der Waals surface area contributed by atoms with Crippen LogP contribution in [0, 0.1) is 18.3 Å². The molecule has 1 aromatic carbocycles. The van der Waals surface area contributed by atoms with Gasteiger partial charge in [-0.1, -0.05) is 36.5 Å². The number of rotatable bonds is 2. The molecule has 0 spiro atoms. The fourth-order valence-electron chi connectivity index (χ4n) is 3.47. The number of ether oxygens (including phenoxy) is 2. The van der Waals surface area contributed by atoms with Gasteiger partial charge >= 0.3 is 0 Å². The van der Waals surface area contributed by atoms with Crippen LogP contribution in [0.15, 0.2) is 17.1 Å². The topological polar surface area (TPSA) is 52.8 Å². The number of terminal acetylenes is 1. The second kappa shape index (κ2) is 6.93. The lowest BCUT2D eigenvalue weighted by Gasteiger charge is -2.18. The van der Waals surface area contributed by atoms with E-state index in [1.165, 1.54) is 17.8 Å². The predicted molar refractivity (Wildman–Crippen MR) is 96.8 cm³/mol. The Labute approximate surface area is 150 Å². The highest BCUT2D eigenvalue weighted by Crippen LogP contribution is 2.35. The zero-order valence-corrected chi connectivity index (χ0v) is 14.8. The van der Waals surface area contributed by atoms with Crippen molar-refractivity contribution >= 4 is 27.5 Å². The molecule has 0 bridgehead atoms. The molecular weight excluding hydrogens is 336 g/mol. The highest BCUT2D eigenvalue weighted by atomic mass is 32.1. The van der Waals surface area contributed by atoms with Gasteiger partial charge in [-0.15, -0.1) is 6.42 Å². The van der Waals surface area contributed by atoms with Gasteiger partial charge < -0.3 is 14.0 Å². The standard InChI is InChI=1S/C19H20N2O3S/c1-2-8-21-14-11-15-16(24-10-9-23-15)12-17(14)25-19(21)20-18(22)13-6-4-3-5-7-13/h1,11-13H,3-10H2. The summed E-state index contributed by atoms with van der Waals surface area (Å²) in [4.78, 5) is 17.7. The number of hydrogen-bond acceptors (Lipinski definition) is 4. The molecule has 130 valence electrons. The number of aromatic nitrogens is 1. The van der Waals surface area contributed by atoms with Crippen molar-refractivity contribution in [2.75, 3.05) is 13.2 Å². The highest BCUT2D eigenvalue weighted by Gasteiger charge is 2.21. The van der Waals surface area contributed by atoms with E-state index in [1.807, 2.05) is 16.7 Å². The summed E-state index contributed by atoms with van der Waals surface area (Å²) in [6, 6.07) is 3.88. The Kier molecular flexibility index (Phi) is 4.50. The van der Waals surface area contributed by atoms with Gasteiger partial charge in [-0.25, -0.2) is 0 Å². The first kappa shape index (κ1) is 16.2. The molecule has 1 amide bonds. The smallest absolute Gasteiger partial charge is 0.251 e. The van der Waals surface area contributed by atoms with Crippen molar-refractivity contribution in [3.8, 4) is 23.8 Å². The van der Waals surface area contributed by atoms with Gasteiger partial charge in [0.15, 0.2) is 16.3 Å². The fourth-order valence-corrected chi connectivity index (χ4v) is 4.52. The van der Waals surface area contributed by atoms with E-state index < -0.39 is 0 Å². The van der Waals surface area contributed by atoms with Crippen molar-refractivity contribution in [1.82, 2.24) is 4.57 Å². The lowest BCUT2D eigenvalue weighted by Crippen LogP contribution is -2.21. The van der Waals surface area contributed by atoms with Crippen LogP contribution in [0.4, 0.5) is 0 Å². The first-order chi connectivity index (χ1) is 12.3. The van der Waals surface area contributed by atoms with Crippen molar-refractivity contribution in [2.24, 2.45) is 10.9 Å². The number of fused-ring (bicyclic) bond motifs is 2. The molecule has 1 aliphatic heterocycles. The van der Waals surface area contributed by atoms with E-state index in [9.17, 15) is 4.79 Å². The van der Waals surface area contributed by atoms with Gasteiger partial charge in [0, 0.05) is 18.1 Å². The Hall–Kier alpha value is -2.26. The number of thiazole rings is 1. The minimum Gasteiger partial charge on any atom is -0.486 e. The van der Waals surface area contributed by atoms with Crippen molar-refractivity contribution in [3.05, 3.63) is 16.9 Å². The Bertz CT molecular complexity index is 913. The van der Waals surface area contributed by atoms with Gasteiger partial charge in [-0.05, 0) is 12.8 Å². The van der Waals surface area contributed by atoms with Gasteiger partial charge in [-0.3, -0.25) is 4.79 Å². The van der Waals surface area contributed by atoms with E-state index in [2.05, 4.69) is 10.9 Å². The molecule has 1 aliphatic carbocycles. The van der Waals surface area contributed by atoms with Crippen molar-refractivity contribution < 1.29 is 14.3 Å². The molecule has 0 unspecified atom stereocenters. The summed E-state index contributed by atoms with van der Waals surface area (Å²) in [6.45, 7) is 1.46. The first-order valence-electron chi connectivity index (χ1n) is 8.71. The molecule has 5 nitrogen and oxygen atoms in total. The normalized spacial score (nSPS) is 18.3. The Balaban J connectivity index is 1.79. The summed E-state index contributed by atoms with van der Waals surface area (Å²) >= 11 is 1.47. The maximum Gasteiger partial charge on any atom is 0.251 e. The molecule has 0 saturated heterocycles. The lowest BCUT2D eigenvalue weighted by atomic mass is 9.89. The Morgan fingerprint density at radius 3 is 2.68 bits per heavy atom. The van der Waals surface area contributed by atoms with Gasteiger partial charge in [-0.2, -0.15) is 4.99 Å². The molecule has 0 atom stereocenters. The Morgan fingerprint density at radius 1 is 1.24 bits per heavy atom. The van der Waals surface area contributed by atoms with E-state index >= 15 is 0 Å². The SMILES string of the molecule is C#CCn1c(=NC(=O)C2CCCCC2)sc2cc3c(cc21)OCCO3. The summed E-state index contributed by atoms with van der Waals surface area (Å²) in [5.41, 5.74) is 0.933. The van der Waals surface area contributed by atoms with Crippen LogP contribution in [-0.2, 0) is 11.3 Å². The van der Waals surface area contributed by atoms with Crippen LogP contribution in [-0.4, -0.2) is 23.7 Å². The lowest BCUT2D eigenvalue weighted by molar-refractivity contribution is -0.122. The molecule has 4 rings (SSSR count). The molecule has 2 aliphatic rings. The van der Waals surface area contributed by atoms with Crippen LogP contribution < -0.4 is 14.3 Å². The zero-order valence-electron chi connectivity index (χ0n) is 14.0. The van der Waals surface area contributed by atoms with Crippen LogP contribution in [0.1, 0.15) is 32.1 Å². The van der Waals surface area contributed by atoms with Crippen LogP contribution in [0.5, 0.6) is 11.5 Å². The quantitative estimate of drug-likeness (QED) is 0.777. The van der Waals surface area contributed by atoms with E-state index in [4.69, 9.17) is 15.9 Å². The van der Waals surface area contributed by atoms with Gasteiger partial charge in [0.05, 0.1) is 16.8 Å². The number of benzene rings is 1. The van der Waals surface area contributed by atoms with Gasteiger partial charge in [0.25, 0.3) is 5.91 Å². The van der Waals surface area contributed by atoms with E-state index in [-0.39, 0.29) is 11.8 Å². The molecular formula is C19H20N2O3S. The maximum atomic E-state index is 12.6. The fraction of sp³-hybridized carbons (Fsp3) is 0.474. The average Bonchev–Trinajstić information content (AvgIpc) is 2.97. The van der Waals surface area contributed by atoms with Crippen LogP contribution >= 0.6 is 11.3 Å². The summed E-state index contributed by atoms with van der Waals surface area (Å²) in [5, 5.41) is 0.